The van der Waals surface area contributed by atoms with Crippen molar-refractivity contribution in [3.8, 4) is 5.75 Å². The summed E-state index contributed by atoms with van der Waals surface area (Å²) < 4.78 is 6.08. The summed E-state index contributed by atoms with van der Waals surface area (Å²) in [7, 11) is 0. The molecule has 4 aliphatic rings. The number of dihydropyridines is 1. The molecule has 1 spiro atoms. The Morgan fingerprint density at radius 2 is 2.28 bits per heavy atom. The number of ether oxygens (including phenoxy) is 1. The number of rotatable bonds is 0. The first kappa shape index (κ1) is 8.81. The molecule has 2 bridgehead atoms. The standard InChI is InChI=1S/C16H11NO/c1-3-10-9-12-11-4-2-6-14-16(11,7-8-17-12)15(10)13(5-1)18-14/h1-8,17H,9H2. The average molecular weight is 233 g/mol. The molecule has 0 saturated heterocycles. The Balaban J connectivity index is 2.00. The van der Waals surface area contributed by atoms with Crippen LogP contribution in [0, 0.1) is 0 Å². The number of nitrogens with one attached hydrogen (secondary N) is 1. The summed E-state index contributed by atoms with van der Waals surface area (Å²) in [5.41, 5.74) is 5.22. The fourth-order valence-electron chi connectivity index (χ4n) is 3.65. The lowest BCUT2D eigenvalue weighted by Gasteiger charge is -2.39. The van der Waals surface area contributed by atoms with Gasteiger partial charge in [-0.05, 0) is 35.6 Å². The van der Waals surface area contributed by atoms with E-state index in [0.29, 0.717) is 0 Å². The van der Waals surface area contributed by atoms with Gasteiger partial charge in [0.15, 0.2) is 0 Å². The highest BCUT2D eigenvalue weighted by Crippen LogP contribution is 2.57. The highest BCUT2D eigenvalue weighted by molar-refractivity contribution is 5.72. The van der Waals surface area contributed by atoms with Gasteiger partial charge < -0.3 is 10.1 Å². The molecule has 1 aromatic carbocycles. The second-order valence-corrected chi connectivity index (χ2v) is 5.14. The first-order chi connectivity index (χ1) is 8.89. The number of hydrogen-bond donors (Lipinski definition) is 1. The molecule has 0 amide bonds. The van der Waals surface area contributed by atoms with Gasteiger partial charge in [0.05, 0.1) is 0 Å². The molecule has 5 rings (SSSR count). The third-order valence-electron chi connectivity index (χ3n) is 4.33. The van der Waals surface area contributed by atoms with Gasteiger partial charge in [0, 0.05) is 17.7 Å². The lowest BCUT2D eigenvalue weighted by atomic mass is 9.65. The quantitative estimate of drug-likeness (QED) is 0.744. The average Bonchev–Trinajstić information content (AvgIpc) is 2.70. The molecule has 0 aromatic heterocycles. The minimum absolute atomic E-state index is 0.153. The molecular formula is C16H11NO. The molecule has 18 heavy (non-hydrogen) atoms. The summed E-state index contributed by atoms with van der Waals surface area (Å²) in [6.45, 7) is 0. The molecule has 1 aromatic rings. The summed E-state index contributed by atoms with van der Waals surface area (Å²) in [5.74, 6) is 2.06. The molecule has 0 saturated carbocycles. The van der Waals surface area contributed by atoms with Crippen molar-refractivity contribution in [2.24, 2.45) is 0 Å². The molecular weight excluding hydrogens is 222 g/mol. The van der Waals surface area contributed by atoms with Gasteiger partial charge in [0.25, 0.3) is 0 Å². The van der Waals surface area contributed by atoms with Crippen LogP contribution in [0.25, 0.3) is 0 Å². The number of allylic oxidation sites excluding steroid dienone is 5. The van der Waals surface area contributed by atoms with E-state index >= 15 is 0 Å². The zero-order valence-electron chi connectivity index (χ0n) is 9.73. The maximum atomic E-state index is 6.08. The van der Waals surface area contributed by atoms with E-state index in [2.05, 4.69) is 54.0 Å². The first-order valence-electron chi connectivity index (χ1n) is 6.26. The van der Waals surface area contributed by atoms with Crippen molar-refractivity contribution in [3.05, 3.63) is 76.9 Å². The smallest absolute Gasteiger partial charge is 0.132 e. The van der Waals surface area contributed by atoms with Crippen molar-refractivity contribution < 1.29 is 4.74 Å². The van der Waals surface area contributed by atoms with Crippen LogP contribution in [0.5, 0.6) is 5.75 Å². The van der Waals surface area contributed by atoms with Crippen LogP contribution in [0.1, 0.15) is 11.1 Å². The van der Waals surface area contributed by atoms with Crippen LogP contribution in [-0.2, 0) is 11.8 Å². The van der Waals surface area contributed by atoms with Crippen LogP contribution in [0.15, 0.2) is 65.7 Å². The Bertz CT molecular complexity index is 721. The van der Waals surface area contributed by atoms with Gasteiger partial charge in [-0.2, -0.15) is 0 Å². The molecule has 2 heterocycles. The van der Waals surface area contributed by atoms with Crippen LogP contribution in [0.4, 0.5) is 0 Å². The maximum absolute atomic E-state index is 6.08. The van der Waals surface area contributed by atoms with Gasteiger partial charge in [-0.15, -0.1) is 0 Å². The van der Waals surface area contributed by atoms with Crippen molar-refractivity contribution in [1.82, 2.24) is 5.32 Å². The number of hydrogen-bond acceptors (Lipinski definition) is 2. The summed E-state index contributed by atoms with van der Waals surface area (Å²) in [6.07, 6.45) is 11.6. The van der Waals surface area contributed by atoms with E-state index in [1.165, 1.54) is 22.4 Å². The fraction of sp³-hybridized carbons (Fsp3) is 0.125. The van der Waals surface area contributed by atoms with E-state index in [1.54, 1.807) is 0 Å². The van der Waals surface area contributed by atoms with Crippen LogP contribution >= 0.6 is 0 Å². The molecule has 2 heteroatoms. The minimum Gasteiger partial charge on any atom is -0.460 e. The second-order valence-electron chi connectivity index (χ2n) is 5.14. The summed E-state index contributed by atoms with van der Waals surface area (Å²) in [4.78, 5) is 0. The lowest BCUT2D eigenvalue weighted by Crippen LogP contribution is -2.38. The SMILES string of the molecule is C1=CC2=C3Cc4cccc5c4C2(C=CN3)C(=C1)O5. The maximum Gasteiger partial charge on any atom is 0.132 e. The predicted molar refractivity (Wildman–Crippen MR) is 69.0 cm³/mol. The van der Waals surface area contributed by atoms with Gasteiger partial charge in [-0.3, -0.25) is 0 Å². The molecule has 1 N–H and O–H groups in total. The van der Waals surface area contributed by atoms with Gasteiger partial charge in [-0.25, -0.2) is 0 Å². The third kappa shape index (κ3) is 0.750. The minimum atomic E-state index is -0.153. The van der Waals surface area contributed by atoms with Crippen molar-refractivity contribution in [2.45, 2.75) is 11.8 Å². The van der Waals surface area contributed by atoms with E-state index < -0.39 is 0 Å². The van der Waals surface area contributed by atoms with Gasteiger partial charge in [-0.1, -0.05) is 24.3 Å². The van der Waals surface area contributed by atoms with Crippen molar-refractivity contribution in [3.63, 3.8) is 0 Å². The highest BCUT2D eigenvalue weighted by Gasteiger charge is 2.52. The van der Waals surface area contributed by atoms with Crippen LogP contribution in [-0.4, -0.2) is 0 Å². The van der Waals surface area contributed by atoms with E-state index in [0.717, 1.165) is 17.9 Å². The largest absolute Gasteiger partial charge is 0.460 e. The van der Waals surface area contributed by atoms with E-state index in [1.807, 2.05) is 0 Å². The third-order valence-corrected chi connectivity index (χ3v) is 4.33. The molecule has 2 aliphatic carbocycles. The van der Waals surface area contributed by atoms with Gasteiger partial charge in [0.1, 0.15) is 16.9 Å². The van der Waals surface area contributed by atoms with Crippen molar-refractivity contribution in [1.29, 1.82) is 0 Å². The van der Waals surface area contributed by atoms with Crippen LogP contribution < -0.4 is 10.1 Å². The summed E-state index contributed by atoms with van der Waals surface area (Å²) in [5, 5.41) is 3.39. The number of benzene rings is 1. The Kier molecular flexibility index (Phi) is 1.28. The summed E-state index contributed by atoms with van der Waals surface area (Å²) >= 11 is 0. The first-order valence-corrected chi connectivity index (χ1v) is 6.26. The molecule has 86 valence electrons. The highest BCUT2D eigenvalue weighted by atomic mass is 16.5. The molecule has 2 nitrogen and oxygen atoms in total. The van der Waals surface area contributed by atoms with E-state index in [9.17, 15) is 0 Å². The fourth-order valence-corrected chi connectivity index (χ4v) is 3.65. The Hall–Kier alpha value is -2.22. The summed E-state index contributed by atoms with van der Waals surface area (Å²) in [6, 6.07) is 6.37. The monoisotopic (exact) mass is 233 g/mol. The van der Waals surface area contributed by atoms with Crippen LogP contribution in [0.2, 0.25) is 0 Å². The zero-order valence-corrected chi connectivity index (χ0v) is 9.73. The van der Waals surface area contributed by atoms with Gasteiger partial charge >= 0.3 is 0 Å². The van der Waals surface area contributed by atoms with Crippen molar-refractivity contribution in [2.75, 3.05) is 0 Å². The molecule has 1 atom stereocenters. The topological polar surface area (TPSA) is 21.3 Å². The Morgan fingerprint density at radius 1 is 1.28 bits per heavy atom. The molecule has 0 radical (unpaired) electrons. The van der Waals surface area contributed by atoms with E-state index in [4.69, 9.17) is 4.74 Å². The zero-order chi connectivity index (χ0) is 11.7. The normalized spacial score (nSPS) is 28.6. The molecule has 0 fully saturated rings. The van der Waals surface area contributed by atoms with Gasteiger partial charge in [0.2, 0.25) is 0 Å². The predicted octanol–water partition coefficient (Wildman–Crippen LogP) is 2.70. The van der Waals surface area contributed by atoms with Crippen molar-refractivity contribution >= 4 is 0 Å². The van der Waals surface area contributed by atoms with Crippen LogP contribution in [0.3, 0.4) is 0 Å². The molecule has 1 unspecified atom stereocenters. The Labute approximate surface area is 105 Å². The lowest BCUT2D eigenvalue weighted by molar-refractivity contribution is 0.411. The second kappa shape index (κ2) is 2.61. The molecule has 2 aliphatic heterocycles. The van der Waals surface area contributed by atoms with E-state index in [-0.39, 0.29) is 5.41 Å². The Morgan fingerprint density at radius 3 is 3.28 bits per heavy atom.